The summed E-state index contributed by atoms with van der Waals surface area (Å²) in [6.45, 7) is 3.47. The SMILES string of the molecule is COC(=O)CC(C)NC(=O)c1c(C)oc2ccc(OC)cc12. The van der Waals surface area contributed by atoms with Crippen LogP contribution in [-0.2, 0) is 9.53 Å². The van der Waals surface area contributed by atoms with Gasteiger partial charge in [0.25, 0.3) is 5.91 Å². The predicted octanol–water partition coefficient (Wildman–Crippen LogP) is 2.43. The lowest BCUT2D eigenvalue weighted by Gasteiger charge is -2.12. The molecule has 1 N–H and O–H groups in total. The first kappa shape index (κ1) is 15.9. The molecule has 2 aromatic rings. The number of fused-ring (bicyclic) bond motifs is 1. The first-order valence-electron chi connectivity index (χ1n) is 6.91. The van der Waals surface area contributed by atoms with Gasteiger partial charge in [0.05, 0.1) is 26.2 Å². The molecule has 6 heteroatoms. The average molecular weight is 305 g/mol. The predicted molar refractivity (Wildman–Crippen MR) is 81.1 cm³/mol. The van der Waals surface area contributed by atoms with Gasteiger partial charge < -0.3 is 19.2 Å². The third kappa shape index (κ3) is 3.21. The van der Waals surface area contributed by atoms with Gasteiger partial charge in [-0.15, -0.1) is 0 Å². The van der Waals surface area contributed by atoms with Crippen LogP contribution in [0.2, 0.25) is 0 Å². The molecule has 1 heterocycles. The van der Waals surface area contributed by atoms with E-state index in [-0.39, 0.29) is 24.3 Å². The van der Waals surface area contributed by atoms with Crippen LogP contribution in [0.5, 0.6) is 5.75 Å². The molecule has 0 fully saturated rings. The summed E-state index contributed by atoms with van der Waals surface area (Å²) in [6.07, 6.45) is 0.112. The van der Waals surface area contributed by atoms with Crippen molar-refractivity contribution in [1.82, 2.24) is 5.32 Å². The Hall–Kier alpha value is -2.50. The molecule has 118 valence electrons. The van der Waals surface area contributed by atoms with Crippen LogP contribution >= 0.6 is 0 Å². The summed E-state index contributed by atoms with van der Waals surface area (Å²) in [5.74, 6) is 0.500. The molecule has 0 saturated heterocycles. The highest BCUT2D eigenvalue weighted by Crippen LogP contribution is 2.29. The Balaban J connectivity index is 2.27. The summed E-state index contributed by atoms with van der Waals surface area (Å²) in [7, 11) is 2.88. The van der Waals surface area contributed by atoms with Gasteiger partial charge in [-0.3, -0.25) is 9.59 Å². The van der Waals surface area contributed by atoms with Gasteiger partial charge >= 0.3 is 5.97 Å². The average Bonchev–Trinajstić information content (AvgIpc) is 2.81. The number of ether oxygens (including phenoxy) is 2. The van der Waals surface area contributed by atoms with Crippen molar-refractivity contribution < 1.29 is 23.5 Å². The maximum absolute atomic E-state index is 12.5. The first-order valence-corrected chi connectivity index (χ1v) is 6.91. The van der Waals surface area contributed by atoms with Crippen molar-refractivity contribution in [2.45, 2.75) is 26.3 Å². The van der Waals surface area contributed by atoms with E-state index in [1.807, 2.05) is 0 Å². The third-order valence-corrected chi connectivity index (χ3v) is 3.38. The van der Waals surface area contributed by atoms with Gasteiger partial charge in [0.2, 0.25) is 0 Å². The van der Waals surface area contributed by atoms with E-state index in [0.29, 0.717) is 28.0 Å². The summed E-state index contributed by atoms with van der Waals surface area (Å²) in [6, 6.07) is 4.95. The van der Waals surface area contributed by atoms with E-state index < -0.39 is 0 Å². The van der Waals surface area contributed by atoms with Gasteiger partial charge in [-0.05, 0) is 32.0 Å². The fourth-order valence-corrected chi connectivity index (χ4v) is 2.29. The Labute approximate surface area is 128 Å². The monoisotopic (exact) mass is 305 g/mol. The number of aryl methyl sites for hydroxylation is 1. The van der Waals surface area contributed by atoms with Crippen molar-refractivity contribution in [3.8, 4) is 5.75 Å². The lowest BCUT2D eigenvalue weighted by atomic mass is 10.1. The normalized spacial score (nSPS) is 12.0. The minimum atomic E-state index is -0.372. The number of carbonyl (C=O) groups excluding carboxylic acids is 2. The largest absolute Gasteiger partial charge is 0.497 e. The molecule has 0 saturated carbocycles. The van der Waals surface area contributed by atoms with Crippen LogP contribution in [0.15, 0.2) is 22.6 Å². The number of nitrogens with one attached hydrogen (secondary N) is 1. The van der Waals surface area contributed by atoms with Crippen molar-refractivity contribution in [3.05, 3.63) is 29.5 Å². The number of amides is 1. The van der Waals surface area contributed by atoms with E-state index in [2.05, 4.69) is 10.1 Å². The molecule has 0 bridgehead atoms. The standard InChI is InChI=1S/C16H19NO5/c1-9(7-14(18)21-4)17-16(19)15-10(2)22-13-6-5-11(20-3)8-12(13)15/h5-6,8-9H,7H2,1-4H3,(H,17,19). The topological polar surface area (TPSA) is 77.8 Å². The number of hydrogen-bond acceptors (Lipinski definition) is 5. The molecular weight excluding hydrogens is 286 g/mol. The maximum Gasteiger partial charge on any atom is 0.307 e. The Bertz CT molecular complexity index is 704. The van der Waals surface area contributed by atoms with Crippen LogP contribution in [0.1, 0.15) is 29.5 Å². The molecule has 6 nitrogen and oxygen atoms in total. The molecule has 0 aliphatic carbocycles. The highest BCUT2D eigenvalue weighted by Gasteiger charge is 2.21. The van der Waals surface area contributed by atoms with Crippen molar-refractivity contribution in [1.29, 1.82) is 0 Å². The van der Waals surface area contributed by atoms with Gasteiger partial charge in [-0.1, -0.05) is 0 Å². The smallest absolute Gasteiger partial charge is 0.307 e. The fraction of sp³-hybridized carbons (Fsp3) is 0.375. The molecular formula is C16H19NO5. The summed E-state index contributed by atoms with van der Waals surface area (Å²) < 4.78 is 15.4. The van der Waals surface area contributed by atoms with E-state index in [4.69, 9.17) is 9.15 Å². The van der Waals surface area contributed by atoms with Crippen molar-refractivity contribution in [2.75, 3.05) is 14.2 Å². The number of esters is 1. The second kappa shape index (κ2) is 6.51. The molecule has 0 radical (unpaired) electrons. The highest BCUT2D eigenvalue weighted by atomic mass is 16.5. The van der Waals surface area contributed by atoms with Gasteiger partial charge in [0.1, 0.15) is 17.1 Å². The summed E-state index contributed by atoms with van der Waals surface area (Å²) in [5, 5.41) is 3.46. The van der Waals surface area contributed by atoms with E-state index in [1.165, 1.54) is 7.11 Å². The van der Waals surface area contributed by atoms with E-state index in [9.17, 15) is 9.59 Å². The molecule has 22 heavy (non-hydrogen) atoms. The second-order valence-corrected chi connectivity index (χ2v) is 5.05. The highest BCUT2D eigenvalue weighted by molar-refractivity contribution is 6.07. The van der Waals surface area contributed by atoms with Crippen LogP contribution in [-0.4, -0.2) is 32.1 Å². The van der Waals surface area contributed by atoms with Gasteiger partial charge in [-0.2, -0.15) is 0 Å². The Morgan fingerprint density at radius 1 is 1.32 bits per heavy atom. The van der Waals surface area contributed by atoms with Crippen LogP contribution in [0.25, 0.3) is 11.0 Å². The molecule has 0 aliphatic rings. The van der Waals surface area contributed by atoms with Crippen LogP contribution in [0.3, 0.4) is 0 Å². The van der Waals surface area contributed by atoms with Crippen LogP contribution in [0, 0.1) is 6.92 Å². The van der Waals surface area contributed by atoms with Crippen LogP contribution in [0.4, 0.5) is 0 Å². The number of carbonyl (C=O) groups is 2. The number of rotatable bonds is 5. The quantitative estimate of drug-likeness (QED) is 0.858. The van der Waals surface area contributed by atoms with Gasteiger partial charge in [0, 0.05) is 11.4 Å². The first-order chi connectivity index (χ1) is 10.5. The number of furan rings is 1. The lowest BCUT2D eigenvalue weighted by molar-refractivity contribution is -0.141. The van der Waals surface area contributed by atoms with E-state index >= 15 is 0 Å². The zero-order valence-corrected chi connectivity index (χ0v) is 13.1. The number of hydrogen-bond donors (Lipinski definition) is 1. The fourth-order valence-electron chi connectivity index (χ4n) is 2.29. The number of benzene rings is 1. The molecule has 0 spiro atoms. The molecule has 1 aromatic heterocycles. The molecule has 1 aromatic carbocycles. The van der Waals surface area contributed by atoms with Crippen LogP contribution < -0.4 is 10.1 Å². The van der Waals surface area contributed by atoms with E-state index in [0.717, 1.165) is 0 Å². The van der Waals surface area contributed by atoms with Crippen molar-refractivity contribution >= 4 is 22.8 Å². The zero-order valence-electron chi connectivity index (χ0n) is 13.1. The number of methoxy groups -OCH3 is 2. The van der Waals surface area contributed by atoms with Crippen molar-refractivity contribution in [3.63, 3.8) is 0 Å². The maximum atomic E-state index is 12.5. The molecule has 1 unspecified atom stereocenters. The van der Waals surface area contributed by atoms with Gasteiger partial charge in [-0.25, -0.2) is 0 Å². The molecule has 2 rings (SSSR count). The summed E-state index contributed by atoms with van der Waals surface area (Å²) in [5.41, 5.74) is 1.06. The molecule has 1 amide bonds. The molecule has 0 aliphatic heterocycles. The van der Waals surface area contributed by atoms with Crippen molar-refractivity contribution in [2.24, 2.45) is 0 Å². The zero-order chi connectivity index (χ0) is 16.3. The third-order valence-electron chi connectivity index (χ3n) is 3.38. The Morgan fingerprint density at radius 2 is 2.05 bits per heavy atom. The summed E-state index contributed by atoms with van der Waals surface area (Å²) >= 11 is 0. The minimum absolute atomic E-state index is 0.112. The second-order valence-electron chi connectivity index (χ2n) is 5.05. The minimum Gasteiger partial charge on any atom is -0.497 e. The Kier molecular flexibility index (Phi) is 4.70. The summed E-state index contributed by atoms with van der Waals surface area (Å²) in [4.78, 5) is 23.7. The van der Waals surface area contributed by atoms with E-state index in [1.54, 1.807) is 39.2 Å². The Morgan fingerprint density at radius 3 is 2.68 bits per heavy atom. The lowest BCUT2D eigenvalue weighted by Crippen LogP contribution is -2.34. The van der Waals surface area contributed by atoms with Gasteiger partial charge in [0.15, 0.2) is 0 Å². The molecule has 1 atom stereocenters.